The molecule has 4 fully saturated rings. The van der Waals surface area contributed by atoms with E-state index >= 15 is 0 Å². The number of rotatable bonds is 6. The highest BCUT2D eigenvalue weighted by Gasteiger charge is 2.59. The highest BCUT2D eigenvalue weighted by molar-refractivity contribution is 14.1. The van der Waals surface area contributed by atoms with Crippen LogP contribution >= 0.6 is 22.6 Å². The smallest absolute Gasteiger partial charge is 0.00210 e. The number of alkyl halides is 1. The molecule has 0 bridgehead atoms. The van der Waals surface area contributed by atoms with Crippen molar-refractivity contribution in [1.82, 2.24) is 0 Å². The topological polar surface area (TPSA) is 0 Å². The number of hydrogen-bond donors (Lipinski definition) is 0. The second-order valence-corrected chi connectivity index (χ2v) is 13.2. The minimum Gasteiger partial charge on any atom is -0.0861 e. The fourth-order valence-electron chi connectivity index (χ4n) is 9.34. The van der Waals surface area contributed by atoms with Crippen molar-refractivity contribution in [3.8, 4) is 0 Å². The molecule has 4 aliphatic rings. The lowest BCUT2D eigenvalue weighted by atomic mass is 9.44. The van der Waals surface area contributed by atoms with Crippen molar-refractivity contribution in [2.75, 3.05) is 4.43 Å². The van der Waals surface area contributed by atoms with E-state index in [-0.39, 0.29) is 0 Å². The van der Waals surface area contributed by atoms with Gasteiger partial charge in [-0.15, -0.1) is 0 Å². The molecule has 0 saturated heterocycles. The zero-order chi connectivity index (χ0) is 19.9. The molecule has 0 radical (unpaired) electrons. The van der Waals surface area contributed by atoms with Crippen LogP contribution < -0.4 is 0 Å². The SMILES string of the molecule is CC(CI)CCCC(C)C1CCC2C3CCC4CCCCC4(C)C3CCC12C. The van der Waals surface area contributed by atoms with Crippen molar-refractivity contribution in [3.63, 3.8) is 0 Å². The van der Waals surface area contributed by atoms with Gasteiger partial charge in [0.15, 0.2) is 0 Å². The Labute approximate surface area is 189 Å². The van der Waals surface area contributed by atoms with Crippen molar-refractivity contribution >= 4 is 22.6 Å². The van der Waals surface area contributed by atoms with Crippen LogP contribution in [0.4, 0.5) is 0 Å². The second kappa shape index (κ2) is 8.70. The molecule has 4 saturated carbocycles. The lowest BCUT2D eigenvalue weighted by Gasteiger charge is -2.61. The Bertz CT molecular complexity index is 528. The number of halogens is 1. The van der Waals surface area contributed by atoms with Crippen LogP contribution in [0, 0.1) is 52.3 Å². The van der Waals surface area contributed by atoms with Crippen molar-refractivity contribution < 1.29 is 0 Å². The highest BCUT2D eigenvalue weighted by atomic mass is 127. The fourth-order valence-corrected chi connectivity index (χ4v) is 9.78. The molecule has 0 aromatic rings. The van der Waals surface area contributed by atoms with Crippen LogP contribution in [0.5, 0.6) is 0 Å². The molecular formula is C27H47I. The summed E-state index contributed by atoms with van der Waals surface area (Å²) in [6.07, 6.45) is 19.9. The quantitative estimate of drug-likeness (QED) is 0.253. The van der Waals surface area contributed by atoms with Crippen molar-refractivity contribution in [2.45, 2.75) is 111 Å². The average molecular weight is 499 g/mol. The highest BCUT2D eigenvalue weighted by Crippen LogP contribution is 2.68. The van der Waals surface area contributed by atoms with Gasteiger partial charge >= 0.3 is 0 Å². The van der Waals surface area contributed by atoms with E-state index in [1.54, 1.807) is 51.4 Å². The molecule has 0 nitrogen and oxygen atoms in total. The fraction of sp³-hybridized carbons (Fsp3) is 1.00. The van der Waals surface area contributed by atoms with Gasteiger partial charge in [-0.25, -0.2) is 0 Å². The third kappa shape index (κ3) is 3.75. The zero-order valence-corrected chi connectivity index (χ0v) is 21.5. The summed E-state index contributed by atoms with van der Waals surface area (Å²) in [6, 6.07) is 0. The van der Waals surface area contributed by atoms with Crippen molar-refractivity contribution in [3.05, 3.63) is 0 Å². The Kier molecular flexibility index (Phi) is 6.82. The van der Waals surface area contributed by atoms with Crippen molar-refractivity contribution in [2.24, 2.45) is 52.3 Å². The van der Waals surface area contributed by atoms with E-state index in [9.17, 15) is 0 Å². The molecule has 0 amide bonds. The first-order valence-electron chi connectivity index (χ1n) is 13.0. The minimum absolute atomic E-state index is 0.674. The number of hydrogen-bond acceptors (Lipinski definition) is 0. The van der Waals surface area contributed by atoms with Crippen LogP contribution in [0.1, 0.15) is 111 Å². The van der Waals surface area contributed by atoms with Gasteiger partial charge in [0.25, 0.3) is 0 Å². The second-order valence-electron chi connectivity index (χ2n) is 12.3. The van der Waals surface area contributed by atoms with Gasteiger partial charge in [0.05, 0.1) is 0 Å². The van der Waals surface area contributed by atoms with Gasteiger partial charge in [-0.1, -0.05) is 76.0 Å². The van der Waals surface area contributed by atoms with Gasteiger partial charge in [0.2, 0.25) is 0 Å². The third-order valence-corrected chi connectivity index (χ3v) is 12.5. The van der Waals surface area contributed by atoms with Crippen LogP contribution in [-0.2, 0) is 0 Å². The summed E-state index contributed by atoms with van der Waals surface area (Å²) < 4.78 is 1.33. The standard InChI is InChI=1S/C27H47I/c1-19(18-28)8-7-9-20(2)23-13-14-24-22-12-11-21-10-5-6-16-26(21,3)25(22)15-17-27(23,24)4/h19-25H,5-18H2,1-4H3. The van der Waals surface area contributed by atoms with E-state index in [2.05, 4.69) is 50.3 Å². The first-order valence-corrected chi connectivity index (χ1v) is 14.5. The molecule has 0 aromatic carbocycles. The molecule has 9 atom stereocenters. The average Bonchev–Trinajstić information content (AvgIpc) is 3.04. The molecule has 162 valence electrons. The molecule has 4 aliphatic carbocycles. The molecule has 0 N–H and O–H groups in total. The first-order chi connectivity index (χ1) is 13.4. The van der Waals surface area contributed by atoms with Gasteiger partial charge in [-0.3, -0.25) is 0 Å². The first kappa shape index (κ1) is 21.9. The maximum Gasteiger partial charge on any atom is 0.00210 e. The Morgan fingerprint density at radius 1 is 0.821 bits per heavy atom. The summed E-state index contributed by atoms with van der Waals surface area (Å²) in [5.74, 6) is 7.17. The van der Waals surface area contributed by atoms with Gasteiger partial charge in [0.1, 0.15) is 0 Å². The normalized spacial score (nSPS) is 47.7. The van der Waals surface area contributed by atoms with E-state index in [4.69, 9.17) is 0 Å². The van der Waals surface area contributed by atoms with E-state index in [0.29, 0.717) is 10.8 Å². The predicted octanol–water partition coefficient (Wildman–Crippen LogP) is 8.91. The Hall–Kier alpha value is 0.730. The Morgan fingerprint density at radius 3 is 2.39 bits per heavy atom. The monoisotopic (exact) mass is 498 g/mol. The number of fused-ring (bicyclic) bond motifs is 5. The molecule has 28 heavy (non-hydrogen) atoms. The summed E-state index contributed by atoms with van der Waals surface area (Å²) in [4.78, 5) is 0. The molecule has 0 spiro atoms. The Balaban J connectivity index is 1.43. The van der Waals surface area contributed by atoms with E-state index in [1.807, 2.05) is 0 Å². The van der Waals surface area contributed by atoms with Crippen LogP contribution in [0.3, 0.4) is 0 Å². The van der Waals surface area contributed by atoms with E-state index < -0.39 is 0 Å². The van der Waals surface area contributed by atoms with E-state index in [0.717, 1.165) is 41.4 Å². The summed E-state index contributed by atoms with van der Waals surface area (Å²) in [5.41, 5.74) is 1.38. The van der Waals surface area contributed by atoms with Crippen LogP contribution in [0.25, 0.3) is 0 Å². The molecule has 0 aromatic heterocycles. The van der Waals surface area contributed by atoms with Crippen LogP contribution in [0.15, 0.2) is 0 Å². The maximum absolute atomic E-state index is 2.75. The predicted molar refractivity (Wildman–Crippen MR) is 131 cm³/mol. The minimum atomic E-state index is 0.674. The lowest BCUT2D eigenvalue weighted by molar-refractivity contribution is -0.114. The molecule has 4 rings (SSSR count). The zero-order valence-electron chi connectivity index (χ0n) is 19.3. The van der Waals surface area contributed by atoms with Gasteiger partial charge in [-0.05, 0) is 110 Å². The molecule has 0 aliphatic heterocycles. The maximum atomic E-state index is 2.75. The van der Waals surface area contributed by atoms with Gasteiger partial charge in [-0.2, -0.15) is 0 Å². The van der Waals surface area contributed by atoms with E-state index in [1.165, 1.54) is 36.5 Å². The third-order valence-electron chi connectivity index (χ3n) is 11.0. The molecular weight excluding hydrogens is 451 g/mol. The Morgan fingerprint density at radius 2 is 1.61 bits per heavy atom. The summed E-state index contributed by atoms with van der Waals surface area (Å²) in [6.45, 7) is 10.6. The summed E-state index contributed by atoms with van der Waals surface area (Å²) >= 11 is 2.57. The van der Waals surface area contributed by atoms with Gasteiger partial charge in [0, 0.05) is 4.43 Å². The summed E-state index contributed by atoms with van der Waals surface area (Å²) in [7, 11) is 0. The molecule has 0 heterocycles. The largest absolute Gasteiger partial charge is 0.0861 e. The molecule has 9 unspecified atom stereocenters. The lowest BCUT2D eigenvalue weighted by Crippen LogP contribution is -2.53. The summed E-state index contributed by atoms with van der Waals surface area (Å²) in [5, 5.41) is 0. The van der Waals surface area contributed by atoms with Crippen LogP contribution in [0.2, 0.25) is 0 Å². The van der Waals surface area contributed by atoms with Crippen LogP contribution in [-0.4, -0.2) is 4.43 Å². The van der Waals surface area contributed by atoms with Gasteiger partial charge < -0.3 is 0 Å². The van der Waals surface area contributed by atoms with Crippen molar-refractivity contribution in [1.29, 1.82) is 0 Å². The molecule has 1 heteroatoms.